The van der Waals surface area contributed by atoms with Crippen LogP contribution in [0.5, 0.6) is 5.75 Å². The molecule has 0 bridgehead atoms. The van der Waals surface area contributed by atoms with E-state index < -0.39 is 24.1 Å². The quantitative estimate of drug-likeness (QED) is 0.337. The van der Waals surface area contributed by atoms with Crippen LogP contribution in [0.1, 0.15) is 62.3 Å². The molecule has 6 heteroatoms. The third-order valence-corrected chi connectivity index (χ3v) is 4.73. The van der Waals surface area contributed by atoms with Crippen LogP contribution in [-0.4, -0.2) is 30.4 Å². The summed E-state index contributed by atoms with van der Waals surface area (Å²) in [6, 6.07) is 14.1. The first-order chi connectivity index (χ1) is 14.5. The van der Waals surface area contributed by atoms with Crippen molar-refractivity contribution in [3.63, 3.8) is 0 Å². The molecule has 2 rings (SSSR count). The Hall–Kier alpha value is -2.86. The Balaban J connectivity index is 2.25. The second-order valence-electron chi connectivity index (χ2n) is 6.86. The summed E-state index contributed by atoms with van der Waals surface area (Å²) < 4.78 is 15.6. The standard InChI is InChI=1S/C24H30O6/c1-4-7-15-29-24(27)30-20-14-13-19(16-17(20)5-2)22(25)21(23(26)28-6-3)18-11-9-8-10-12-18/h8-14,16,21-22,25H,4-7,15H2,1-3H3. The number of unbranched alkanes of at least 4 members (excludes halogenated alkanes) is 1. The van der Waals surface area contributed by atoms with E-state index in [0.717, 1.165) is 18.4 Å². The maximum Gasteiger partial charge on any atom is 0.513 e. The van der Waals surface area contributed by atoms with Crippen LogP contribution in [-0.2, 0) is 20.7 Å². The van der Waals surface area contributed by atoms with Crippen molar-refractivity contribution >= 4 is 12.1 Å². The van der Waals surface area contributed by atoms with Gasteiger partial charge >= 0.3 is 12.1 Å². The fourth-order valence-corrected chi connectivity index (χ4v) is 3.11. The fraction of sp³-hybridized carbons (Fsp3) is 0.417. The van der Waals surface area contributed by atoms with Gasteiger partial charge in [-0.05, 0) is 48.6 Å². The van der Waals surface area contributed by atoms with E-state index in [2.05, 4.69) is 0 Å². The molecule has 0 aliphatic rings. The molecular formula is C24H30O6. The van der Waals surface area contributed by atoms with Crippen LogP contribution in [0.25, 0.3) is 0 Å². The third-order valence-electron chi connectivity index (χ3n) is 4.73. The first-order valence-electron chi connectivity index (χ1n) is 10.4. The highest BCUT2D eigenvalue weighted by Crippen LogP contribution is 2.34. The lowest BCUT2D eigenvalue weighted by molar-refractivity contribution is -0.148. The van der Waals surface area contributed by atoms with Gasteiger partial charge in [0.2, 0.25) is 0 Å². The highest BCUT2D eigenvalue weighted by atomic mass is 16.7. The number of hydrogen-bond donors (Lipinski definition) is 1. The molecule has 2 atom stereocenters. The summed E-state index contributed by atoms with van der Waals surface area (Å²) in [5.74, 6) is -0.974. The Morgan fingerprint density at radius 3 is 2.33 bits per heavy atom. The van der Waals surface area contributed by atoms with Gasteiger partial charge in [0.15, 0.2) is 0 Å². The van der Waals surface area contributed by atoms with Crippen LogP contribution in [0, 0.1) is 0 Å². The first kappa shape index (κ1) is 23.4. The fourth-order valence-electron chi connectivity index (χ4n) is 3.11. The zero-order chi connectivity index (χ0) is 21.9. The Bertz CT molecular complexity index is 818. The van der Waals surface area contributed by atoms with E-state index in [1.165, 1.54) is 0 Å². The van der Waals surface area contributed by atoms with Crippen molar-refractivity contribution in [1.82, 2.24) is 0 Å². The first-order valence-corrected chi connectivity index (χ1v) is 10.4. The van der Waals surface area contributed by atoms with Crippen molar-refractivity contribution in [2.75, 3.05) is 13.2 Å². The molecule has 6 nitrogen and oxygen atoms in total. The zero-order valence-electron chi connectivity index (χ0n) is 17.8. The number of esters is 1. The van der Waals surface area contributed by atoms with Crippen LogP contribution in [0.4, 0.5) is 4.79 Å². The lowest BCUT2D eigenvalue weighted by Gasteiger charge is -2.23. The number of ether oxygens (including phenoxy) is 3. The van der Waals surface area contributed by atoms with Crippen LogP contribution in [0.2, 0.25) is 0 Å². The maximum absolute atomic E-state index is 12.6. The average molecular weight is 414 g/mol. The molecule has 0 radical (unpaired) electrons. The van der Waals surface area contributed by atoms with Gasteiger partial charge in [-0.1, -0.05) is 56.7 Å². The lowest BCUT2D eigenvalue weighted by Crippen LogP contribution is -2.23. The molecule has 2 aromatic carbocycles. The largest absolute Gasteiger partial charge is 0.513 e. The van der Waals surface area contributed by atoms with Gasteiger partial charge in [0.1, 0.15) is 11.7 Å². The second kappa shape index (κ2) is 12.0. The van der Waals surface area contributed by atoms with E-state index in [1.807, 2.05) is 32.0 Å². The molecule has 0 saturated carbocycles. The minimum Gasteiger partial charge on any atom is -0.465 e. The minimum atomic E-state index is -1.11. The van der Waals surface area contributed by atoms with Gasteiger partial charge in [0.25, 0.3) is 0 Å². The maximum atomic E-state index is 12.6. The second-order valence-corrected chi connectivity index (χ2v) is 6.86. The smallest absolute Gasteiger partial charge is 0.465 e. The summed E-state index contributed by atoms with van der Waals surface area (Å²) in [7, 11) is 0. The normalized spacial score (nSPS) is 12.7. The summed E-state index contributed by atoms with van der Waals surface area (Å²) in [5.41, 5.74) is 1.94. The Kier molecular flexibility index (Phi) is 9.35. The van der Waals surface area contributed by atoms with Gasteiger partial charge in [-0.15, -0.1) is 0 Å². The SMILES string of the molecule is CCCCOC(=O)Oc1ccc(C(O)C(C(=O)OCC)c2ccccc2)cc1CC. The van der Waals surface area contributed by atoms with Gasteiger partial charge in [-0.2, -0.15) is 0 Å². The predicted octanol–water partition coefficient (Wildman–Crippen LogP) is 4.94. The van der Waals surface area contributed by atoms with Gasteiger partial charge in [-0.3, -0.25) is 4.79 Å². The van der Waals surface area contributed by atoms with Crippen molar-refractivity contribution < 1.29 is 28.9 Å². The number of carbonyl (C=O) groups is 2. The number of carbonyl (C=O) groups excluding carboxylic acids is 2. The van der Waals surface area contributed by atoms with Crippen molar-refractivity contribution in [2.45, 2.75) is 52.1 Å². The molecule has 1 N–H and O–H groups in total. The van der Waals surface area contributed by atoms with Crippen molar-refractivity contribution in [1.29, 1.82) is 0 Å². The predicted molar refractivity (Wildman–Crippen MR) is 113 cm³/mol. The van der Waals surface area contributed by atoms with Crippen LogP contribution in [0.15, 0.2) is 48.5 Å². The van der Waals surface area contributed by atoms with Crippen LogP contribution in [0.3, 0.4) is 0 Å². The van der Waals surface area contributed by atoms with Crippen molar-refractivity contribution in [3.8, 4) is 5.75 Å². The molecule has 2 unspecified atom stereocenters. The molecule has 0 heterocycles. The van der Waals surface area contributed by atoms with Crippen LogP contribution < -0.4 is 4.74 Å². The van der Waals surface area contributed by atoms with E-state index in [4.69, 9.17) is 14.2 Å². The summed E-state index contributed by atoms with van der Waals surface area (Å²) in [6.07, 6.45) is 0.411. The molecule has 2 aromatic rings. The highest BCUT2D eigenvalue weighted by molar-refractivity contribution is 5.79. The average Bonchev–Trinajstić information content (AvgIpc) is 2.75. The molecule has 0 fully saturated rings. The molecule has 0 spiro atoms. The number of aryl methyl sites for hydroxylation is 1. The number of aliphatic hydroxyl groups excluding tert-OH is 1. The van der Waals surface area contributed by atoms with Crippen molar-refractivity contribution in [3.05, 3.63) is 65.2 Å². The number of benzene rings is 2. The highest BCUT2D eigenvalue weighted by Gasteiger charge is 2.31. The molecule has 0 aliphatic heterocycles. The summed E-state index contributed by atoms with van der Waals surface area (Å²) in [5, 5.41) is 11.0. The molecule has 30 heavy (non-hydrogen) atoms. The molecule has 0 saturated heterocycles. The summed E-state index contributed by atoms with van der Waals surface area (Å²) >= 11 is 0. The number of aliphatic hydroxyl groups is 1. The molecule has 162 valence electrons. The van der Waals surface area contributed by atoms with E-state index in [9.17, 15) is 14.7 Å². The van der Waals surface area contributed by atoms with Gasteiger partial charge in [0, 0.05) is 0 Å². The van der Waals surface area contributed by atoms with Crippen LogP contribution >= 0.6 is 0 Å². The summed E-state index contributed by atoms with van der Waals surface area (Å²) in [6.45, 7) is 6.19. The topological polar surface area (TPSA) is 82.1 Å². The lowest BCUT2D eigenvalue weighted by atomic mass is 9.88. The van der Waals surface area contributed by atoms with Gasteiger partial charge < -0.3 is 19.3 Å². The molecule has 0 amide bonds. The molecule has 0 aliphatic carbocycles. The minimum absolute atomic E-state index is 0.224. The zero-order valence-corrected chi connectivity index (χ0v) is 17.8. The third kappa shape index (κ3) is 6.32. The van der Waals surface area contributed by atoms with E-state index in [0.29, 0.717) is 29.9 Å². The Morgan fingerprint density at radius 1 is 0.967 bits per heavy atom. The Labute approximate surface area is 177 Å². The van der Waals surface area contributed by atoms with E-state index in [1.54, 1.807) is 37.3 Å². The summed E-state index contributed by atoms with van der Waals surface area (Å²) in [4.78, 5) is 24.5. The van der Waals surface area contributed by atoms with Gasteiger partial charge in [0.05, 0.1) is 19.3 Å². The number of rotatable bonds is 10. The molecule has 0 aromatic heterocycles. The van der Waals surface area contributed by atoms with Gasteiger partial charge in [-0.25, -0.2) is 4.79 Å². The van der Waals surface area contributed by atoms with E-state index in [-0.39, 0.29) is 6.61 Å². The monoisotopic (exact) mass is 414 g/mol. The molecular weight excluding hydrogens is 384 g/mol. The van der Waals surface area contributed by atoms with Crippen molar-refractivity contribution in [2.24, 2.45) is 0 Å². The Morgan fingerprint density at radius 2 is 1.70 bits per heavy atom. The number of hydrogen-bond acceptors (Lipinski definition) is 6. The van der Waals surface area contributed by atoms with E-state index >= 15 is 0 Å².